The van der Waals surface area contributed by atoms with Crippen LogP contribution in [0.4, 0.5) is 4.79 Å². The van der Waals surface area contributed by atoms with Gasteiger partial charge in [0.25, 0.3) is 10.0 Å². The highest BCUT2D eigenvalue weighted by molar-refractivity contribution is 7.89. The molecule has 3 rings (SSSR count). The van der Waals surface area contributed by atoms with Crippen LogP contribution in [0.25, 0.3) is 0 Å². The zero-order chi connectivity index (χ0) is 29.2. The minimum absolute atomic E-state index is 0.0176. The Labute approximate surface area is 235 Å². The number of guanidine groups is 1. The third-order valence-electron chi connectivity index (χ3n) is 6.20. The van der Waals surface area contributed by atoms with Crippen molar-refractivity contribution in [3.63, 3.8) is 0 Å². The Morgan fingerprint density at radius 3 is 2.30 bits per heavy atom. The molecule has 12 heteroatoms. The predicted octanol–water partition coefficient (Wildman–Crippen LogP) is 2.52. The van der Waals surface area contributed by atoms with Gasteiger partial charge < -0.3 is 15.4 Å². The predicted molar refractivity (Wildman–Crippen MR) is 151 cm³/mol. The lowest BCUT2D eigenvalue weighted by Gasteiger charge is -2.28. The smallest absolute Gasteiger partial charge is 0.414 e. The molecular weight excluding hydrogens is 532 g/mol. The number of rotatable bonds is 10. The van der Waals surface area contributed by atoms with Crippen molar-refractivity contribution in [1.82, 2.24) is 20.9 Å². The molecule has 1 fully saturated rings. The van der Waals surface area contributed by atoms with Crippen molar-refractivity contribution in [3.05, 3.63) is 71.8 Å². The lowest BCUT2D eigenvalue weighted by atomic mass is 9.98. The zero-order valence-corrected chi connectivity index (χ0v) is 23.8. The quantitative estimate of drug-likeness (QED) is 0.292. The molecule has 2 atom stereocenters. The number of benzene rings is 2. The Morgan fingerprint density at radius 2 is 1.73 bits per heavy atom. The van der Waals surface area contributed by atoms with Gasteiger partial charge in [0.2, 0.25) is 11.9 Å². The number of nitriles is 1. The van der Waals surface area contributed by atoms with Gasteiger partial charge in [-0.1, -0.05) is 74.5 Å². The maximum absolute atomic E-state index is 13.5. The third kappa shape index (κ3) is 9.98. The number of alkyl carbamates (subject to hydrolysis) is 1. The molecule has 2 unspecified atom stereocenters. The molecule has 1 saturated heterocycles. The summed E-state index contributed by atoms with van der Waals surface area (Å²) in [5.74, 6) is -0.925. The molecule has 2 aromatic carbocycles. The van der Waals surface area contributed by atoms with Crippen LogP contribution in [-0.2, 0) is 32.7 Å². The number of hydrogen-bond acceptors (Lipinski definition) is 7. The summed E-state index contributed by atoms with van der Waals surface area (Å²) in [5, 5.41) is 18.0. The fourth-order valence-electron chi connectivity index (χ4n) is 4.38. The van der Waals surface area contributed by atoms with E-state index in [-0.39, 0.29) is 18.9 Å². The first-order valence-electron chi connectivity index (χ1n) is 13.0. The van der Waals surface area contributed by atoms with E-state index in [0.29, 0.717) is 26.1 Å². The van der Waals surface area contributed by atoms with Crippen LogP contribution in [0.3, 0.4) is 0 Å². The number of ether oxygens (including phenoxy) is 1. The van der Waals surface area contributed by atoms with Crippen LogP contribution in [0.5, 0.6) is 0 Å². The molecule has 3 N–H and O–H groups in total. The van der Waals surface area contributed by atoms with Crippen molar-refractivity contribution in [1.29, 1.82) is 5.26 Å². The summed E-state index contributed by atoms with van der Waals surface area (Å²) in [6.45, 7) is 5.36. The fourth-order valence-corrected chi connectivity index (χ4v) is 4.81. The van der Waals surface area contributed by atoms with E-state index in [1.54, 1.807) is 24.3 Å². The monoisotopic (exact) mass is 568 g/mol. The molecule has 11 nitrogen and oxygen atoms in total. The third-order valence-corrected chi connectivity index (χ3v) is 6.71. The van der Waals surface area contributed by atoms with Crippen molar-refractivity contribution in [2.24, 2.45) is 10.3 Å². The molecule has 0 aliphatic carbocycles. The van der Waals surface area contributed by atoms with E-state index in [1.165, 1.54) is 0 Å². The first-order chi connectivity index (χ1) is 19.0. The van der Waals surface area contributed by atoms with E-state index in [2.05, 4.69) is 31.3 Å². The van der Waals surface area contributed by atoms with Crippen molar-refractivity contribution in [3.8, 4) is 6.07 Å². The van der Waals surface area contributed by atoms with Crippen LogP contribution in [0.15, 0.2) is 65.1 Å². The van der Waals surface area contributed by atoms with E-state index in [9.17, 15) is 23.3 Å². The highest BCUT2D eigenvalue weighted by Gasteiger charge is 2.41. The second-order valence-corrected chi connectivity index (χ2v) is 12.0. The Balaban J connectivity index is 1.70. The van der Waals surface area contributed by atoms with Crippen LogP contribution >= 0.6 is 0 Å². The Kier molecular flexibility index (Phi) is 10.6. The second kappa shape index (κ2) is 13.9. The van der Waals surface area contributed by atoms with Gasteiger partial charge in [0.15, 0.2) is 0 Å². The van der Waals surface area contributed by atoms with Gasteiger partial charge in [-0.2, -0.15) is 5.26 Å². The SMILES string of the molecule is CC(C)CC(NC(=NS(C)(=O)=O)NC(=O)OCc1ccccc1)C(=O)NC1(C#N)CCN(Cc2ccccc2)C1. The Hall–Kier alpha value is -3.95. The molecule has 2 amide bonds. The first kappa shape index (κ1) is 30.6. The van der Waals surface area contributed by atoms with Crippen LogP contribution in [-0.4, -0.2) is 62.2 Å². The van der Waals surface area contributed by atoms with E-state index < -0.39 is 39.6 Å². The number of sulfonamides is 1. The van der Waals surface area contributed by atoms with Crippen molar-refractivity contribution < 1.29 is 22.7 Å². The molecule has 40 heavy (non-hydrogen) atoms. The lowest BCUT2D eigenvalue weighted by molar-refractivity contribution is -0.124. The normalized spacial score (nSPS) is 18.5. The lowest BCUT2D eigenvalue weighted by Crippen LogP contribution is -2.58. The maximum Gasteiger partial charge on any atom is 0.414 e. The van der Waals surface area contributed by atoms with Crippen LogP contribution in [0.2, 0.25) is 0 Å². The standard InChI is InChI=1S/C28H36N6O5S/c1-21(2)16-24(25(35)32-28(19-29)14-15-34(20-28)17-22-10-6-4-7-11-22)30-26(33-40(3,37)38)31-27(36)39-18-23-12-8-5-9-13-23/h4-13,21,24H,14-18,20H2,1-3H3,(H,32,35)(H2,30,31,33,36). The van der Waals surface area contributed by atoms with Crippen LogP contribution in [0.1, 0.15) is 37.8 Å². The summed E-state index contributed by atoms with van der Waals surface area (Å²) in [6.07, 6.45) is 0.645. The number of likely N-dealkylation sites (tertiary alicyclic amines) is 1. The van der Waals surface area contributed by atoms with Gasteiger partial charge in [-0.3, -0.25) is 15.0 Å². The molecule has 2 aromatic rings. The molecule has 1 aliphatic rings. The second-order valence-electron chi connectivity index (χ2n) is 10.3. The molecule has 0 bridgehead atoms. The maximum atomic E-state index is 13.5. The summed E-state index contributed by atoms with van der Waals surface area (Å²) in [4.78, 5) is 28.0. The number of nitrogens with one attached hydrogen (secondary N) is 3. The Bertz CT molecular complexity index is 1330. The number of amides is 2. The summed E-state index contributed by atoms with van der Waals surface area (Å²) >= 11 is 0. The molecule has 214 valence electrons. The summed E-state index contributed by atoms with van der Waals surface area (Å²) in [5.41, 5.74) is 0.733. The number of carbonyl (C=O) groups is 2. The van der Waals surface area contributed by atoms with E-state index >= 15 is 0 Å². The van der Waals surface area contributed by atoms with E-state index in [4.69, 9.17) is 4.74 Å². The minimum Gasteiger partial charge on any atom is -0.444 e. The highest BCUT2D eigenvalue weighted by Crippen LogP contribution is 2.23. The van der Waals surface area contributed by atoms with E-state index in [0.717, 1.165) is 17.4 Å². The Morgan fingerprint density at radius 1 is 1.10 bits per heavy atom. The van der Waals surface area contributed by atoms with Gasteiger partial charge in [-0.25, -0.2) is 13.2 Å². The molecule has 0 saturated carbocycles. The summed E-state index contributed by atoms with van der Waals surface area (Å²) in [6, 6.07) is 20.1. The van der Waals surface area contributed by atoms with Crippen molar-refractivity contribution in [2.75, 3.05) is 19.3 Å². The zero-order valence-electron chi connectivity index (χ0n) is 23.0. The molecule has 1 aliphatic heterocycles. The average Bonchev–Trinajstić information content (AvgIpc) is 3.29. The van der Waals surface area contributed by atoms with Gasteiger partial charge >= 0.3 is 6.09 Å². The molecular formula is C28H36N6O5S. The minimum atomic E-state index is -3.95. The fraction of sp³-hybridized carbons (Fsp3) is 0.429. The largest absolute Gasteiger partial charge is 0.444 e. The van der Waals surface area contributed by atoms with Gasteiger partial charge in [0, 0.05) is 19.6 Å². The van der Waals surface area contributed by atoms with Crippen LogP contribution in [0, 0.1) is 17.2 Å². The molecule has 1 heterocycles. The van der Waals surface area contributed by atoms with Crippen molar-refractivity contribution >= 4 is 28.0 Å². The van der Waals surface area contributed by atoms with E-state index in [1.807, 2.05) is 50.2 Å². The molecule has 0 aromatic heterocycles. The van der Waals surface area contributed by atoms with Gasteiger partial charge in [0.1, 0.15) is 18.2 Å². The van der Waals surface area contributed by atoms with Gasteiger partial charge in [-0.05, 0) is 29.9 Å². The highest BCUT2D eigenvalue weighted by atomic mass is 32.2. The van der Waals surface area contributed by atoms with Gasteiger partial charge in [-0.15, -0.1) is 4.40 Å². The average molecular weight is 569 g/mol. The van der Waals surface area contributed by atoms with Crippen LogP contribution < -0.4 is 16.0 Å². The molecule has 0 spiro atoms. The number of hydrogen-bond donors (Lipinski definition) is 3. The number of nitrogens with zero attached hydrogens (tertiary/aromatic N) is 3. The summed E-state index contributed by atoms with van der Waals surface area (Å²) in [7, 11) is -3.95. The van der Waals surface area contributed by atoms with Crippen molar-refractivity contribution in [2.45, 2.75) is 51.4 Å². The summed E-state index contributed by atoms with van der Waals surface area (Å²) < 4.78 is 32.7. The topological polar surface area (TPSA) is 153 Å². The molecule has 0 radical (unpaired) electrons. The van der Waals surface area contributed by atoms with Gasteiger partial charge in [0.05, 0.1) is 12.3 Å². The number of carbonyl (C=O) groups excluding carboxylic acids is 2. The first-order valence-corrected chi connectivity index (χ1v) is 14.9.